The lowest BCUT2D eigenvalue weighted by Crippen LogP contribution is -1.93. The van der Waals surface area contributed by atoms with Gasteiger partial charge in [0.05, 0.1) is 18.2 Å². The summed E-state index contributed by atoms with van der Waals surface area (Å²) in [5.74, 6) is 2.25. The number of halogens is 1. The van der Waals surface area contributed by atoms with Crippen LogP contribution < -0.4 is 9.47 Å². The van der Waals surface area contributed by atoms with E-state index >= 15 is 0 Å². The Bertz CT molecular complexity index is 688. The molecule has 0 unspecified atom stereocenters. The van der Waals surface area contributed by atoms with E-state index in [0.29, 0.717) is 0 Å². The van der Waals surface area contributed by atoms with E-state index in [1.807, 2.05) is 29.8 Å². The molecule has 0 bridgehead atoms. The average Bonchev–Trinajstić information content (AvgIpc) is 2.98. The Morgan fingerprint density at radius 3 is 3.00 bits per heavy atom. The van der Waals surface area contributed by atoms with Gasteiger partial charge in [0.25, 0.3) is 0 Å². The van der Waals surface area contributed by atoms with Crippen molar-refractivity contribution in [2.24, 2.45) is 7.05 Å². The van der Waals surface area contributed by atoms with Gasteiger partial charge in [-0.05, 0) is 34.1 Å². The van der Waals surface area contributed by atoms with E-state index in [-0.39, 0.29) is 13.2 Å². The van der Waals surface area contributed by atoms with Crippen LogP contribution in [0.4, 0.5) is 0 Å². The molecule has 1 aliphatic heterocycles. The van der Waals surface area contributed by atoms with Crippen LogP contribution in [0, 0.1) is 11.3 Å². The number of ether oxygens (including phenoxy) is 2. The fourth-order valence-corrected chi connectivity index (χ4v) is 2.41. The Morgan fingerprint density at radius 1 is 1.42 bits per heavy atom. The number of nitriles is 1. The Labute approximate surface area is 118 Å². The highest BCUT2D eigenvalue weighted by Crippen LogP contribution is 2.36. The van der Waals surface area contributed by atoms with Crippen LogP contribution in [-0.4, -0.2) is 16.3 Å². The highest BCUT2D eigenvalue weighted by molar-refractivity contribution is 9.10. The number of aromatic nitrogens is 2. The van der Waals surface area contributed by atoms with E-state index in [1.165, 1.54) is 0 Å². The molecule has 0 N–H and O–H groups in total. The number of hydrogen-bond donors (Lipinski definition) is 0. The van der Waals surface area contributed by atoms with Crippen molar-refractivity contribution in [2.45, 2.75) is 6.42 Å². The highest BCUT2D eigenvalue weighted by atomic mass is 79.9. The van der Waals surface area contributed by atoms with Gasteiger partial charge in [-0.1, -0.05) is 0 Å². The molecule has 2 heterocycles. The van der Waals surface area contributed by atoms with Gasteiger partial charge in [0.2, 0.25) is 6.79 Å². The minimum atomic E-state index is 0.253. The Kier molecular flexibility index (Phi) is 2.91. The zero-order valence-electron chi connectivity index (χ0n) is 10.2. The van der Waals surface area contributed by atoms with Crippen LogP contribution in [0.25, 0.3) is 11.4 Å². The van der Waals surface area contributed by atoms with Crippen molar-refractivity contribution in [3.63, 3.8) is 0 Å². The molecule has 0 fully saturated rings. The van der Waals surface area contributed by atoms with Crippen molar-refractivity contribution >= 4 is 15.9 Å². The molecule has 3 rings (SSSR count). The summed E-state index contributed by atoms with van der Waals surface area (Å²) in [7, 11) is 1.90. The van der Waals surface area contributed by atoms with E-state index in [2.05, 4.69) is 27.0 Å². The number of benzene rings is 1. The third kappa shape index (κ3) is 1.96. The molecule has 5 nitrogen and oxygen atoms in total. The first-order valence-electron chi connectivity index (χ1n) is 5.68. The summed E-state index contributed by atoms with van der Waals surface area (Å²) in [6.07, 6.45) is 0.277. The second-order valence-corrected chi connectivity index (χ2v) is 4.89. The first-order chi connectivity index (χ1) is 9.20. The van der Waals surface area contributed by atoms with Crippen molar-refractivity contribution in [1.82, 2.24) is 9.55 Å². The van der Waals surface area contributed by atoms with E-state index in [4.69, 9.17) is 14.7 Å². The van der Waals surface area contributed by atoms with E-state index < -0.39 is 0 Å². The maximum absolute atomic E-state index is 8.79. The van der Waals surface area contributed by atoms with Gasteiger partial charge in [-0.3, -0.25) is 0 Å². The Balaban J connectivity index is 2.07. The van der Waals surface area contributed by atoms with Crippen LogP contribution in [0.2, 0.25) is 0 Å². The molecule has 1 aliphatic rings. The summed E-state index contributed by atoms with van der Waals surface area (Å²) in [4.78, 5) is 4.49. The van der Waals surface area contributed by atoms with Crippen LogP contribution in [0.1, 0.15) is 5.69 Å². The summed E-state index contributed by atoms with van der Waals surface area (Å²) < 4.78 is 13.4. The molecular weight excluding hydrogens is 310 g/mol. The predicted octanol–water partition coefficient (Wildman–Crippen LogP) is 2.64. The normalized spacial score (nSPS) is 12.5. The van der Waals surface area contributed by atoms with E-state index in [0.717, 1.165) is 33.2 Å². The van der Waals surface area contributed by atoms with Crippen molar-refractivity contribution in [3.8, 4) is 29.0 Å². The topological polar surface area (TPSA) is 60.1 Å². The maximum Gasteiger partial charge on any atom is 0.231 e. The zero-order valence-corrected chi connectivity index (χ0v) is 11.8. The second-order valence-electron chi connectivity index (χ2n) is 4.13. The van der Waals surface area contributed by atoms with Crippen LogP contribution >= 0.6 is 15.9 Å². The maximum atomic E-state index is 8.79. The second kappa shape index (κ2) is 4.59. The molecule has 2 aromatic rings. The monoisotopic (exact) mass is 319 g/mol. The van der Waals surface area contributed by atoms with Gasteiger partial charge in [-0.2, -0.15) is 5.26 Å². The van der Waals surface area contributed by atoms with Crippen LogP contribution in [0.15, 0.2) is 22.8 Å². The number of nitrogens with zero attached hydrogens (tertiary/aromatic N) is 3. The third-order valence-corrected chi connectivity index (χ3v) is 3.96. The van der Waals surface area contributed by atoms with Crippen molar-refractivity contribution in [3.05, 3.63) is 28.5 Å². The first kappa shape index (κ1) is 12.1. The van der Waals surface area contributed by atoms with Crippen molar-refractivity contribution < 1.29 is 9.47 Å². The van der Waals surface area contributed by atoms with Gasteiger partial charge < -0.3 is 14.0 Å². The molecule has 0 atom stereocenters. The molecule has 0 saturated carbocycles. The summed E-state index contributed by atoms with van der Waals surface area (Å²) >= 11 is 3.46. The lowest BCUT2D eigenvalue weighted by Gasteiger charge is -2.03. The lowest BCUT2D eigenvalue weighted by molar-refractivity contribution is 0.174. The van der Waals surface area contributed by atoms with Gasteiger partial charge in [-0.15, -0.1) is 0 Å². The summed E-state index contributed by atoms with van der Waals surface area (Å²) in [5.41, 5.74) is 1.66. The molecule has 0 spiro atoms. The molecule has 1 aromatic heterocycles. The van der Waals surface area contributed by atoms with Gasteiger partial charge in [-0.25, -0.2) is 4.98 Å². The van der Waals surface area contributed by atoms with Gasteiger partial charge in [0, 0.05) is 12.6 Å². The van der Waals surface area contributed by atoms with Gasteiger partial charge in [0.1, 0.15) is 10.4 Å². The number of rotatable bonds is 2. The van der Waals surface area contributed by atoms with Crippen molar-refractivity contribution in [2.75, 3.05) is 6.79 Å². The molecule has 6 heteroatoms. The van der Waals surface area contributed by atoms with E-state index in [9.17, 15) is 0 Å². The van der Waals surface area contributed by atoms with Crippen LogP contribution in [0.5, 0.6) is 11.5 Å². The summed E-state index contributed by atoms with van der Waals surface area (Å²) in [6.45, 7) is 0.253. The third-order valence-electron chi connectivity index (χ3n) is 2.97. The Morgan fingerprint density at radius 2 is 2.21 bits per heavy atom. The molecule has 96 valence electrons. The lowest BCUT2D eigenvalue weighted by atomic mass is 10.2. The molecule has 0 amide bonds. The highest BCUT2D eigenvalue weighted by Gasteiger charge is 2.18. The SMILES string of the molecule is Cn1c(-c2ccc3c(c2)OCO3)nc(CC#N)c1Br. The zero-order chi connectivity index (χ0) is 13.4. The standard InChI is InChI=1S/C13H10BrN3O2/c1-17-12(14)9(4-5-15)16-13(17)8-2-3-10-11(6-8)19-7-18-10/h2-3,6H,4,7H2,1H3. The van der Waals surface area contributed by atoms with Gasteiger partial charge >= 0.3 is 0 Å². The summed E-state index contributed by atoms with van der Waals surface area (Å²) in [5, 5.41) is 8.79. The quantitative estimate of drug-likeness (QED) is 0.853. The first-order valence-corrected chi connectivity index (χ1v) is 6.48. The fraction of sp³-hybridized carbons (Fsp3) is 0.231. The average molecular weight is 320 g/mol. The minimum Gasteiger partial charge on any atom is -0.454 e. The largest absolute Gasteiger partial charge is 0.454 e. The molecule has 19 heavy (non-hydrogen) atoms. The molecular formula is C13H10BrN3O2. The molecule has 1 aromatic carbocycles. The smallest absolute Gasteiger partial charge is 0.231 e. The fourth-order valence-electron chi connectivity index (χ4n) is 2.02. The van der Waals surface area contributed by atoms with Crippen molar-refractivity contribution in [1.29, 1.82) is 5.26 Å². The number of imidazole rings is 1. The molecule has 0 aliphatic carbocycles. The number of hydrogen-bond acceptors (Lipinski definition) is 4. The van der Waals surface area contributed by atoms with Crippen LogP contribution in [0.3, 0.4) is 0 Å². The van der Waals surface area contributed by atoms with E-state index in [1.54, 1.807) is 0 Å². The summed E-state index contributed by atoms with van der Waals surface area (Å²) in [6, 6.07) is 7.80. The predicted molar refractivity (Wildman–Crippen MR) is 71.8 cm³/mol. The molecule has 0 saturated heterocycles. The molecule has 0 radical (unpaired) electrons. The number of fused-ring (bicyclic) bond motifs is 1. The van der Waals surface area contributed by atoms with Gasteiger partial charge in [0.15, 0.2) is 11.5 Å². The minimum absolute atomic E-state index is 0.253. The van der Waals surface area contributed by atoms with Crippen LogP contribution in [-0.2, 0) is 13.5 Å². The Hall–Kier alpha value is -2.00.